The van der Waals surface area contributed by atoms with Crippen LogP contribution in [0.15, 0.2) is 82.6 Å². The van der Waals surface area contributed by atoms with Gasteiger partial charge in [0.25, 0.3) is 5.91 Å². The van der Waals surface area contributed by atoms with E-state index in [4.69, 9.17) is 5.21 Å². The Morgan fingerprint density at radius 3 is 2.52 bits per heavy atom. The summed E-state index contributed by atoms with van der Waals surface area (Å²) in [6.45, 7) is 0. The number of benzene rings is 3. The number of carbonyl (C=O) groups is 1. The monoisotopic (exact) mass is 466 g/mol. The van der Waals surface area contributed by atoms with Crippen LogP contribution in [-0.2, 0) is 6.42 Å². The third-order valence-corrected chi connectivity index (χ3v) is 6.29. The van der Waals surface area contributed by atoms with Crippen molar-refractivity contribution in [2.45, 2.75) is 12.5 Å². The number of amides is 1. The highest BCUT2D eigenvalue weighted by Gasteiger charge is 2.17. The predicted octanol–water partition coefficient (Wildman–Crippen LogP) is 6.18. The fraction of sp³-hybridized carbons (Fsp3) is 0.0870. The van der Waals surface area contributed by atoms with E-state index in [1.54, 1.807) is 28.9 Å². The van der Waals surface area contributed by atoms with E-state index in [9.17, 15) is 4.79 Å². The van der Waals surface area contributed by atoms with Crippen molar-refractivity contribution in [1.29, 1.82) is 0 Å². The SMILES string of the molecule is O=C(NO)c1ccc(NC(Cc2ccccc2)c2csc3ccc(Br)cc23)cc1. The molecule has 29 heavy (non-hydrogen) atoms. The molecule has 4 rings (SSSR count). The highest BCUT2D eigenvalue weighted by Crippen LogP contribution is 2.35. The van der Waals surface area contributed by atoms with Crippen molar-refractivity contribution in [1.82, 2.24) is 5.48 Å². The lowest BCUT2D eigenvalue weighted by Gasteiger charge is -2.20. The predicted molar refractivity (Wildman–Crippen MR) is 122 cm³/mol. The fourth-order valence-electron chi connectivity index (χ4n) is 3.36. The number of hydrogen-bond donors (Lipinski definition) is 3. The van der Waals surface area contributed by atoms with Crippen molar-refractivity contribution in [3.63, 3.8) is 0 Å². The van der Waals surface area contributed by atoms with Crippen LogP contribution >= 0.6 is 27.3 Å². The van der Waals surface area contributed by atoms with Gasteiger partial charge >= 0.3 is 0 Å². The summed E-state index contributed by atoms with van der Waals surface area (Å²) in [5.41, 5.74) is 5.47. The van der Waals surface area contributed by atoms with Crippen LogP contribution in [0.3, 0.4) is 0 Å². The Morgan fingerprint density at radius 1 is 1.03 bits per heavy atom. The van der Waals surface area contributed by atoms with Crippen molar-refractivity contribution in [3.8, 4) is 0 Å². The van der Waals surface area contributed by atoms with Gasteiger partial charge < -0.3 is 5.32 Å². The Hall–Kier alpha value is -2.67. The summed E-state index contributed by atoms with van der Waals surface area (Å²) < 4.78 is 2.31. The first kappa shape index (κ1) is 19.6. The molecule has 4 nitrogen and oxygen atoms in total. The van der Waals surface area contributed by atoms with Gasteiger partial charge in [-0.1, -0.05) is 46.3 Å². The molecule has 3 aromatic carbocycles. The average Bonchev–Trinajstić information content (AvgIpc) is 3.17. The van der Waals surface area contributed by atoms with Gasteiger partial charge in [0.05, 0.1) is 6.04 Å². The highest BCUT2D eigenvalue weighted by atomic mass is 79.9. The van der Waals surface area contributed by atoms with E-state index in [0.717, 1.165) is 16.6 Å². The summed E-state index contributed by atoms with van der Waals surface area (Å²) in [5, 5.41) is 15.9. The van der Waals surface area contributed by atoms with Gasteiger partial charge in [-0.25, -0.2) is 5.48 Å². The molecular weight excluding hydrogens is 448 g/mol. The maximum Gasteiger partial charge on any atom is 0.274 e. The molecule has 1 unspecified atom stereocenters. The van der Waals surface area contributed by atoms with Gasteiger partial charge in [0.1, 0.15) is 0 Å². The van der Waals surface area contributed by atoms with E-state index < -0.39 is 5.91 Å². The number of fused-ring (bicyclic) bond motifs is 1. The van der Waals surface area contributed by atoms with E-state index in [1.807, 2.05) is 18.2 Å². The van der Waals surface area contributed by atoms with Crippen molar-refractivity contribution in [2.24, 2.45) is 0 Å². The number of carbonyl (C=O) groups excluding carboxylic acids is 1. The van der Waals surface area contributed by atoms with Gasteiger partial charge in [-0.3, -0.25) is 10.0 Å². The van der Waals surface area contributed by atoms with Gasteiger partial charge in [0, 0.05) is 20.4 Å². The quantitative estimate of drug-likeness (QED) is 0.235. The van der Waals surface area contributed by atoms with Crippen LogP contribution in [-0.4, -0.2) is 11.1 Å². The molecule has 4 aromatic rings. The molecule has 0 radical (unpaired) electrons. The maximum absolute atomic E-state index is 11.6. The molecular formula is C23H19BrN2O2S. The number of hydrogen-bond acceptors (Lipinski definition) is 4. The van der Waals surface area contributed by atoms with Crippen LogP contribution in [0.1, 0.15) is 27.5 Å². The van der Waals surface area contributed by atoms with Gasteiger partial charge in [-0.2, -0.15) is 0 Å². The van der Waals surface area contributed by atoms with Gasteiger partial charge in [0.15, 0.2) is 0 Å². The van der Waals surface area contributed by atoms with Gasteiger partial charge in [-0.05, 0) is 70.8 Å². The fourth-order valence-corrected chi connectivity index (χ4v) is 4.72. The zero-order chi connectivity index (χ0) is 20.2. The molecule has 1 atom stereocenters. The molecule has 1 aromatic heterocycles. The highest BCUT2D eigenvalue weighted by molar-refractivity contribution is 9.10. The van der Waals surface area contributed by atoms with Gasteiger partial charge in [0.2, 0.25) is 0 Å². The molecule has 1 heterocycles. The lowest BCUT2D eigenvalue weighted by Crippen LogP contribution is -2.18. The summed E-state index contributed by atoms with van der Waals surface area (Å²) >= 11 is 5.33. The molecule has 3 N–H and O–H groups in total. The standard InChI is InChI=1S/C23H19BrN2O2S/c24-17-8-11-22-19(13-17)20(14-29-22)21(12-15-4-2-1-3-5-15)25-18-9-6-16(7-10-18)23(27)26-28/h1-11,13-14,21,25,28H,12H2,(H,26,27). The second kappa shape index (κ2) is 8.78. The van der Waals surface area contributed by atoms with Crippen molar-refractivity contribution >= 4 is 48.9 Å². The third kappa shape index (κ3) is 4.50. The molecule has 0 saturated heterocycles. The van der Waals surface area contributed by atoms with E-state index in [-0.39, 0.29) is 6.04 Å². The summed E-state index contributed by atoms with van der Waals surface area (Å²) in [4.78, 5) is 11.6. The Bertz CT molecular complexity index is 1130. The lowest BCUT2D eigenvalue weighted by molar-refractivity contribution is 0.0706. The molecule has 0 aliphatic carbocycles. The van der Waals surface area contributed by atoms with Crippen LogP contribution in [0.4, 0.5) is 5.69 Å². The maximum atomic E-state index is 11.6. The van der Waals surface area contributed by atoms with E-state index >= 15 is 0 Å². The summed E-state index contributed by atoms with van der Waals surface area (Å²) in [6, 6.07) is 23.9. The Morgan fingerprint density at radius 2 is 1.79 bits per heavy atom. The number of anilines is 1. The van der Waals surface area contributed by atoms with Crippen LogP contribution in [0, 0.1) is 0 Å². The van der Waals surface area contributed by atoms with E-state index in [2.05, 4.69) is 69.1 Å². The summed E-state index contributed by atoms with van der Waals surface area (Å²) in [5.74, 6) is -0.522. The second-order valence-corrected chi connectivity index (χ2v) is 8.56. The zero-order valence-electron chi connectivity index (χ0n) is 15.4. The third-order valence-electron chi connectivity index (χ3n) is 4.81. The largest absolute Gasteiger partial charge is 0.378 e. The summed E-state index contributed by atoms with van der Waals surface area (Å²) in [6.07, 6.45) is 0.831. The topological polar surface area (TPSA) is 61.4 Å². The molecule has 6 heteroatoms. The Kier molecular flexibility index (Phi) is 5.94. The van der Waals surface area contributed by atoms with Crippen molar-refractivity contribution < 1.29 is 10.0 Å². The van der Waals surface area contributed by atoms with Gasteiger partial charge in [-0.15, -0.1) is 11.3 Å². The van der Waals surface area contributed by atoms with Crippen molar-refractivity contribution in [3.05, 3.63) is 99.3 Å². The molecule has 0 aliphatic rings. The first-order valence-corrected chi connectivity index (χ1v) is 10.8. The van der Waals surface area contributed by atoms with E-state index in [0.29, 0.717) is 5.56 Å². The minimum absolute atomic E-state index is 0.0676. The van der Waals surface area contributed by atoms with Crippen LogP contribution in [0.2, 0.25) is 0 Å². The number of rotatable bonds is 6. The first-order valence-electron chi connectivity index (χ1n) is 9.15. The smallest absolute Gasteiger partial charge is 0.274 e. The Labute approximate surface area is 181 Å². The molecule has 146 valence electrons. The average molecular weight is 467 g/mol. The molecule has 1 amide bonds. The minimum Gasteiger partial charge on any atom is -0.378 e. The van der Waals surface area contributed by atoms with Crippen LogP contribution < -0.4 is 10.8 Å². The minimum atomic E-state index is -0.522. The van der Waals surface area contributed by atoms with Crippen LogP contribution in [0.25, 0.3) is 10.1 Å². The summed E-state index contributed by atoms with van der Waals surface area (Å²) in [7, 11) is 0. The van der Waals surface area contributed by atoms with Crippen molar-refractivity contribution in [2.75, 3.05) is 5.32 Å². The molecule has 0 bridgehead atoms. The van der Waals surface area contributed by atoms with E-state index in [1.165, 1.54) is 21.2 Å². The first-order chi connectivity index (χ1) is 14.1. The molecule has 0 fully saturated rings. The number of nitrogens with one attached hydrogen (secondary N) is 2. The second-order valence-electron chi connectivity index (χ2n) is 6.74. The molecule has 0 spiro atoms. The normalized spacial score (nSPS) is 11.9. The number of hydroxylamine groups is 1. The Balaban J connectivity index is 1.68. The zero-order valence-corrected chi connectivity index (χ0v) is 17.8. The molecule has 0 saturated carbocycles. The van der Waals surface area contributed by atoms with Crippen LogP contribution in [0.5, 0.6) is 0 Å². The molecule has 0 aliphatic heterocycles. The lowest BCUT2D eigenvalue weighted by atomic mass is 9.98. The number of halogens is 1. The number of thiophene rings is 1.